The lowest BCUT2D eigenvalue weighted by Crippen LogP contribution is -2.30. The topological polar surface area (TPSA) is 77.4 Å². The van der Waals surface area contributed by atoms with Crippen LogP contribution in [-0.2, 0) is 0 Å². The van der Waals surface area contributed by atoms with Crippen LogP contribution in [0.25, 0.3) is 0 Å². The van der Waals surface area contributed by atoms with E-state index < -0.39 is 5.60 Å². The summed E-state index contributed by atoms with van der Waals surface area (Å²) in [4.78, 5) is 17.4. The standard InChI is InChI=1S/C14H26N6O/c1-5-15-11-16-12(19(3)4)18-13(17-11)20-9-6-7-14(2,21)8-10-20/h21H,5-10H2,1-4H3,(H,15,16,17,18). The average molecular weight is 294 g/mol. The van der Waals surface area contributed by atoms with Crippen molar-refractivity contribution in [1.29, 1.82) is 0 Å². The van der Waals surface area contributed by atoms with E-state index in [0.29, 0.717) is 17.8 Å². The van der Waals surface area contributed by atoms with Gasteiger partial charge in [-0.05, 0) is 33.1 Å². The minimum atomic E-state index is -0.587. The molecule has 0 aromatic carbocycles. The monoisotopic (exact) mass is 294 g/mol. The van der Waals surface area contributed by atoms with Gasteiger partial charge in [-0.2, -0.15) is 15.0 Å². The molecule has 1 saturated heterocycles. The second-order valence-electron chi connectivity index (χ2n) is 6.02. The van der Waals surface area contributed by atoms with Gasteiger partial charge in [0.05, 0.1) is 5.60 Å². The van der Waals surface area contributed by atoms with Gasteiger partial charge in [-0.15, -0.1) is 0 Å². The van der Waals surface area contributed by atoms with Gasteiger partial charge in [-0.1, -0.05) is 0 Å². The largest absolute Gasteiger partial charge is 0.390 e. The van der Waals surface area contributed by atoms with E-state index >= 15 is 0 Å². The summed E-state index contributed by atoms with van der Waals surface area (Å²) in [6.45, 7) is 6.31. The van der Waals surface area contributed by atoms with Crippen molar-refractivity contribution in [3.63, 3.8) is 0 Å². The smallest absolute Gasteiger partial charge is 0.231 e. The second-order valence-corrected chi connectivity index (χ2v) is 6.02. The Balaban J connectivity index is 2.25. The molecule has 2 rings (SSSR count). The molecule has 1 aliphatic rings. The molecule has 1 unspecified atom stereocenters. The van der Waals surface area contributed by atoms with Gasteiger partial charge < -0.3 is 20.2 Å². The Kier molecular flexibility index (Phi) is 4.82. The highest BCUT2D eigenvalue weighted by molar-refractivity contribution is 5.44. The highest BCUT2D eigenvalue weighted by atomic mass is 16.3. The molecule has 0 bridgehead atoms. The summed E-state index contributed by atoms with van der Waals surface area (Å²) in [5.74, 6) is 1.93. The van der Waals surface area contributed by atoms with E-state index in [-0.39, 0.29) is 0 Å². The van der Waals surface area contributed by atoms with Crippen LogP contribution >= 0.6 is 0 Å². The lowest BCUT2D eigenvalue weighted by Gasteiger charge is -2.23. The Morgan fingerprint density at radius 1 is 1.24 bits per heavy atom. The third-order valence-corrected chi connectivity index (χ3v) is 3.69. The van der Waals surface area contributed by atoms with E-state index in [2.05, 4.69) is 25.2 Å². The molecule has 118 valence electrons. The molecular weight excluding hydrogens is 268 g/mol. The highest BCUT2D eigenvalue weighted by Crippen LogP contribution is 2.24. The first-order chi connectivity index (χ1) is 9.91. The van der Waals surface area contributed by atoms with Gasteiger partial charge in [0.25, 0.3) is 0 Å². The van der Waals surface area contributed by atoms with Crippen molar-refractivity contribution in [1.82, 2.24) is 15.0 Å². The van der Waals surface area contributed by atoms with Crippen LogP contribution in [-0.4, -0.2) is 59.4 Å². The van der Waals surface area contributed by atoms with Gasteiger partial charge in [-0.25, -0.2) is 0 Å². The zero-order valence-corrected chi connectivity index (χ0v) is 13.4. The summed E-state index contributed by atoms with van der Waals surface area (Å²) in [5, 5.41) is 13.3. The van der Waals surface area contributed by atoms with E-state index in [0.717, 1.165) is 38.9 Å². The molecule has 1 aromatic rings. The number of nitrogens with zero attached hydrogens (tertiary/aromatic N) is 5. The number of anilines is 3. The normalized spacial score (nSPS) is 22.8. The molecule has 0 radical (unpaired) electrons. The molecule has 21 heavy (non-hydrogen) atoms. The highest BCUT2D eigenvalue weighted by Gasteiger charge is 2.26. The van der Waals surface area contributed by atoms with Crippen LogP contribution in [0, 0.1) is 0 Å². The molecule has 0 amide bonds. The van der Waals surface area contributed by atoms with Crippen LogP contribution in [0.1, 0.15) is 33.1 Å². The minimum absolute atomic E-state index is 0.587. The summed E-state index contributed by atoms with van der Waals surface area (Å²) >= 11 is 0. The predicted octanol–water partition coefficient (Wildman–Crippen LogP) is 1.11. The van der Waals surface area contributed by atoms with E-state index in [1.54, 1.807) is 0 Å². The third-order valence-electron chi connectivity index (χ3n) is 3.69. The van der Waals surface area contributed by atoms with Crippen molar-refractivity contribution < 1.29 is 5.11 Å². The number of aliphatic hydroxyl groups is 1. The van der Waals surface area contributed by atoms with Gasteiger partial charge in [0.15, 0.2) is 0 Å². The molecular formula is C14H26N6O. The maximum atomic E-state index is 10.2. The zero-order chi connectivity index (χ0) is 15.5. The molecule has 1 atom stereocenters. The molecule has 1 aliphatic heterocycles. The maximum Gasteiger partial charge on any atom is 0.231 e. The van der Waals surface area contributed by atoms with Gasteiger partial charge >= 0.3 is 0 Å². The van der Waals surface area contributed by atoms with Gasteiger partial charge in [0.1, 0.15) is 0 Å². The van der Waals surface area contributed by atoms with Crippen molar-refractivity contribution in [3.8, 4) is 0 Å². The van der Waals surface area contributed by atoms with E-state index in [9.17, 15) is 5.11 Å². The van der Waals surface area contributed by atoms with E-state index in [1.807, 2.05) is 32.8 Å². The number of hydrogen-bond donors (Lipinski definition) is 2. The number of rotatable bonds is 4. The number of hydrogen-bond acceptors (Lipinski definition) is 7. The maximum absolute atomic E-state index is 10.2. The Labute approximate surface area is 126 Å². The van der Waals surface area contributed by atoms with Gasteiger partial charge in [0, 0.05) is 33.7 Å². The van der Waals surface area contributed by atoms with Crippen LogP contribution < -0.4 is 15.1 Å². The zero-order valence-electron chi connectivity index (χ0n) is 13.4. The number of nitrogens with one attached hydrogen (secondary N) is 1. The fraction of sp³-hybridized carbons (Fsp3) is 0.786. The first kappa shape index (κ1) is 15.8. The quantitative estimate of drug-likeness (QED) is 0.861. The molecule has 2 heterocycles. The summed E-state index contributed by atoms with van der Waals surface area (Å²) in [7, 11) is 3.84. The van der Waals surface area contributed by atoms with Gasteiger partial charge in [0.2, 0.25) is 17.8 Å². The Morgan fingerprint density at radius 3 is 2.67 bits per heavy atom. The van der Waals surface area contributed by atoms with E-state index in [1.165, 1.54) is 0 Å². The molecule has 7 heteroatoms. The average Bonchev–Trinajstić information content (AvgIpc) is 2.59. The first-order valence-electron chi connectivity index (χ1n) is 7.56. The van der Waals surface area contributed by atoms with Crippen LogP contribution in [0.15, 0.2) is 0 Å². The molecule has 7 nitrogen and oxygen atoms in total. The van der Waals surface area contributed by atoms with Crippen LogP contribution in [0.2, 0.25) is 0 Å². The fourth-order valence-corrected chi connectivity index (χ4v) is 2.40. The van der Waals surface area contributed by atoms with Crippen molar-refractivity contribution in [2.75, 3.05) is 48.8 Å². The molecule has 0 spiro atoms. The van der Waals surface area contributed by atoms with E-state index in [4.69, 9.17) is 0 Å². The molecule has 1 fully saturated rings. The lowest BCUT2D eigenvalue weighted by molar-refractivity contribution is 0.0481. The summed E-state index contributed by atoms with van der Waals surface area (Å²) in [5.41, 5.74) is -0.587. The van der Waals surface area contributed by atoms with Gasteiger partial charge in [-0.3, -0.25) is 0 Å². The summed E-state index contributed by atoms with van der Waals surface area (Å²) in [6.07, 6.45) is 2.48. The summed E-state index contributed by atoms with van der Waals surface area (Å²) in [6, 6.07) is 0. The van der Waals surface area contributed by atoms with Crippen molar-refractivity contribution in [3.05, 3.63) is 0 Å². The minimum Gasteiger partial charge on any atom is -0.390 e. The summed E-state index contributed by atoms with van der Waals surface area (Å²) < 4.78 is 0. The Hall–Kier alpha value is -1.63. The van der Waals surface area contributed by atoms with Crippen molar-refractivity contribution >= 4 is 17.8 Å². The fourth-order valence-electron chi connectivity index (χ4n) is 2.40. The van der Waals surface area contributed by atoms with Crippen LogP contribution in [0.3, 0.4) is 0 Å². The van der Waals surface area contributed by atoms with Crippen LogP contribution in [0.5, 0.6) is 0 Å². The SMILES string of the molecule is CCNc1nc(N(C)C)nc(N2CCCC(C)(O)CC2)n1. The van der Waals surface area contributed by atoms with Crippen molar-refractivity contribution in [2.45, 2.75) is 38.7 Å². The molecule has 0 saturated carbocycles. The third kappa shape index (κ3) is 4.17. The number of aromatic nitrogens is 3. The lowest BCUT2D eigenvalue weighted by atomic mass is 9.98. The first-order valence-corrected chi connectivity index (χ1v) is 7.56. The molecule has 0 aliphatic carbocycles. The van der Waals surface area contributed by atoms with Crippen LogP contribution in [0.4, 0.5) is 17.8 Å². The Morgan fingerprint density at radius 2 is 2.00 bits per heavy atom. The molecule has 2 N–H and O–H groups in total. The Bertz CT molecular complexity index is 477. The van der Waals surface area contributed by atoms with Crippen molar-refractivity contribution in [2.24, 2.45) is 0 Å². The molecule has 1 aromatic heterocycles. The second kappa shape index (κ2) is 6.43. The predicted molar refractivity (Wildman–Crippen MR) is 85.0 cm³/mol.